The number of hydrogen-bond donors (Lipinski definition) is 1. The molecule has 3 nitrogen and oxygen atoms in total. The van der Waals surface area contributed by atoms with E-state index in [1.54, 1.807) is 6.20 Å². The number of carbonyl (C=O) groups excluding carboxylic acids is 1. The first kappa shape index (κ1) is 14.6. The first-order valence-electron chi connectivity index (χ1n) is 4.61. The topological polar surface area (TPSA) is 49.7 Å². The third-order valence-electron chi connectivity index (χ3n) is 1.57. The predicted octanol–water partition coefficient (Wildman–Crippen LogP) is 2.23. The van der Waals surface area contributed by atoms with E-state index in [-0.39, 0.29) is 0 Å². The van der Waals surface area contributed by atoms with Gasteiger partial charge in [-0.3, -0.25) is 4.99 Å². The van der Waals surface area contributed by atoms with Crippen molar-refractivity contribution < 1.29 is 9.90 Å². The highest BCUT2D eigenvalue weighted by Gasteiger charge is 2.00. The van der Waals surface area contributed by atoms with E-state index < -0.39 is 0 Å². The summed E-state index contributed by atoms with van der Waals surface area (Å²) in [5.74, 6) is 0.441. The molecule has 0 bridgehead atoms. The normalized spacial score (nSPS) is 10.0. The maximum atomic E-state index is 10.3. The minimum absolute atomic E-state index is 0.441. The molecule has 0 aromatic heterocycles. The van der Waals surface area contributed by atoms with Gasteiger partial charge in [0.25, 0.3) is 0 Å². The van der Waals surface area contributed by atoms with Gasteiger partial charge in [-0.1, -0.05) is 30.3 Å². The van der Waals surface area contributed by atoms with Crippen LogP contribution >= 0.6 is 11.8 Å². The third-order valence-corrected chi connectivity index (χ3v) is 2.53. The Balaban J connectivity index is 0.00000106. The van der Waals surface area contributed by atoms with E-state index in [0.717, 1.165) is 23.9 Å². The van der Waals surface area contributed by atoms with E-state index in [2.05, 4.69) is 11.7 Å². The largest absolute Gasteiger partial charge is 0.400 e. The summed E-state index contributed by atoms with van der Waals surface area (Å²) in [4.78, 5) is 14.9. The molecule has 1 aromatic rings. The fraction of sp³-hybridized carbons (Fsp3) is 0.167. The molecule has 1 aromatic carbocycles. The molecular formula is C12H15NO2S. The van der Waals surface area contributed by atoms with Gasteiger partial charge in [-0.25, -0.2) is 0 Å². The number of rotatable bonds is 5. The summed E-state index contributed by atoms with van der Waals surface area (Å²) in [5.41, 5.74) is 1.06. The highest BCUT2D eigenvalue weighted by Crippen LogP contribution is 2.26. The number of aldehydes is 1. The molecule has 16 heavy (non-hydrogen) atoms. The number of nitrogens with zero attached hydrogens (tertiary/aromatic N) is 1. The standard InChI is InChI=1S/C11H11NOS.CH4O/c1-12-9-11(14-8-7-13)10-5-3-2-4-6-10;1-2/h2-7,9H,1,8H2;2H,1H3/b11-9-;. The van der Waals surface area contributed by atoms with E-state index >= 15 is 0 Å². The summed E-state index contributed by atoms with van der Waals surface area (Å²) in [6, 6.07) is 9.82. The second-order valence-electron chi connectivity index (χ2n) is 2.52. The molecule has 0 atom stereocenters. The number of aliphatic imine (C=N–C) groups is 1. The molecule has 1 rings (SSSR count). The average Bonchev–Trinajstić information content (AvgIpc) is 2.38. The van der Waals surface area contributed by atoms with E-state index in [0.29, 0.717) is 5.75 Å². The monoisotopic (exact) mass is 237 g/mol. The lowest BCUT2D eigenvalue weighted by Gasteiger charge is -2.02. The Hall–Kier alpha value is -1.39. The number of carbonyl (C=O) groups is 1. The van der Waals surface area contributed by atoms with Crippen molar-refractivity contribution in [3.63, 3.8) is 0 Å². The van der Waals surface area contributed by atoms with Gasteiger partial charge in [0.15, 0.2) is 0 Å². The number of benzene rings is 1. The molecule has 0 amide bonds. The van der Waals surface area contributed by atoms with Crippen LogP contribution in [0, 0.1) is 0 Å². The van der Waals surface area contributed by atoms with Crippen LogP contribution in [-0.2, 0) is 4.79 Å². The van der Waals surface area contributed by atoms with Crippen molar-refractivity contribution in [2.75, 3.05) is 12.9 Å². The highest BCUT2D eigenvalue weighted by atomic mass is 32.2. The fourth-order valence-corrected chi connectivity index (χ4v) is 1.70. The van der Waals surface area contributed by atoms with Crippen LogP contribution in [0.2, 0.25) is 0 Å². The Bertz CT molecular complexity index is 336. The van der Waals surface area contributed by atoms with E-state index in [1.807, 2.05) is 30.3 Å². The van der Waals surface area contributed by atoms with Crippen molar-refractivity contribution in [1.29, 1.82) is 0 Å². The van der Waals surface area contributed by atoms with Crippen LogP contribution in [0.25, 0.3) is 4.91 Å². The zero-order valence-electron chi connectivity index (χ0n) is 9.17. The van der Waals surface area contributed by atoms with Crippen LogP contribution in [-0.4, -0.2) is 31.0 Å². The Morgan fingerprint density at radius 1 is 1.44 bits per heavy atom. The minimum atomic E-state index is 0.441. The van der Waals surface area contributed by atoms with E-state index in [4.69, 9.17) is 5.11 Å². The van der Waals surface area contributed by atoms with Gasteiger partial charge < -0.3 is 9.90 Å². The molecule has 0 saturated heterocycles. The molecular weight excluding hydrogens is 222 g/mol. The summed E-state index contributed by atoms with van der Waals surface area (Å²) in [6.07, 6.45) is 2.55. The molecule has 86 valence electrons. The highest BCUT2D eigenvalue weighted by molar-refractivity contribution is 8.08. The summed E-state index contributed by atoms with van der Waals surface area (Å²) >= 11 is 1.46. The second-order valence-corrected chi connectivity index (χ2v) is 3.58. The molecule has 4 heteroatoms. The van der Waals surface area contributed by atoms with E-state index in [9.17, 15) is 4.79 Å². The van der Waals surface area contributed by atoms with Gasteiger partial charge >= 0.3 is 0 Å². The molecule has 1 N–H and O–H groups in total. The van der Waals surface area contributed by atoms with Crippen LogP contribution in [0.4, 0.5) is 0 Å². The molecule has 0 aliphatic rings. The molecule has 0 spiro atoms. The Morgan fingerprint density at radius 3 is 2.56 bits per heavy atom. The van der Waals surface area contributed by atoms with Crippen molar-refractivity contribution >= 4 is 29.7 Å². The van der Waals surface area contributed by atoms with Crippen LogP contribution in [0.3, 0.4) is 0 Å². The van der Waals surface area contributed by atoms with Gasteiger partial charge in [0.05, 0.1) is 5.75 Å². The van der Waals surface area contributed by atoms with Crippen molar-refractivity contribution in [3.05, 3.63) is 42.1 Å². The molecule has 0 unspecified atom stereocenters. The summed E-state index contributed by atoms with van der Waals surface area (Å²) in [7, 11) is 1.00. The minimum Gasteiger partial charge on any atom is -0.400 e. The molecule has 0 radical (unpaired) electrons. The number of aliphatic hydroxyl groups is 1. The fourth-order valence-electron chi connectivity index (χ4n) is 1.00. The van der Waals surface area contributed by atoms with Crippen LogP contribution in [0.15, 0.2) is 41.5 Å². The first-order chi connectivity index (χ1) is 7.88. The molecule has 0 saturated carbocycles. The lowest BCUT2D eigenvalue weighted by atomic mass is 10.2. The van der Waals surface area contributed by atoms with Crippen molar-refractivity contribution in [2.24, 2.45) is 4.99 Å². The lowest BCUT2D eigenvalue weighted by Crippen LogP contribution is -1.83. The first-order valence-corrected chi connectivity index (χ1v) is 5.59. The maximum absolute atomic E-state index is 10.3. The van der Waals surface area contributed by atoms with Gasteiger partial charge in [0.2, 0.25) is 0 Å². The second kappa shape index (κ2) is 10.1. The smallest absolute Gasteiger partial charge is 0.130 e. The summed E-state index contributed by atoms with van der Waals surface area (Å²) in [5, 5.41) is 7.00. The number of thioether (sulfide) groups is 1. The lowest BCUT2D eigenvalue weighted by molar-refractivity contribution is -0.105. The molecule has 0 aliphatic heterocycles. The molecule has 0 heterocycles. The van der Waals surface area contributed by atoms with E-state index in [1.165, 1.54) is 11.8 Å². The van der Waals surface area contributed by atoms with Gasteiger partial charge in [-0.05, 0) is 12.3 Å². The zero-order valence-corrected chi connectivity index (χ0v) is 9.98. The summed E-state index contributed by atoms with van der Waals surface area (Å²) in [6.45, 7) is 3.41. The van der Waals surface area contributed by atoms with Crippen LogP contribution in [0.1, 0.15) is 5.56 Å². The summed E-state index contributed by atoms with van der Waals surface area (Å²) < 4.78 is 0. The van der Waals surface area contributed by atoms with Gasteiger partial charge in [0.1, 0.15) is 6.29 Å². The quantitative estimate of drug-likeness (QED) is 0.631. The van der Waals surface area contributed by atoms with Crippen LogP contribution < -0.4 is 0 Å². The average molecular weight is 237 g/mol. The molecule has 0 aliphatic carbocycles. The van der Waals surface area contributed by atoms with Gasteiger partial charge in [-0.2, -0.15) is 0 Å². The molecule has 0 fully saturated rings. The maximum Gasteiger partial charge on any atom is 0.130 e. The third kappa shape index (κ3) is 5.48. The number of aliphatic hydroxyl groups excluding tert-OH is 1. The van der Waals surface area contributed by atoms with Gasteiger partial charge in [-0.15, -0.1) is 11.8 Å². The van der Waals surface area contributed by atoms with Crippen molar-refractivity contribution in [1.82, 2.24) is 0 Å². The zero-order chi connectivity index (χ0) is 12.2. The van der Waals surface area contributed by atoms with Gasteiger partial charge in [0, 0.05) is 18.2 Å². The number of hydrogen-bond acceptors (Lipinski definition) is 4. The SMILES string of the molecule is C=N/C=C(\SCC=O)c1ccccc1.CO. The Kier molecular flexibility index (Phi) is 9.26. The Morgan fingerprint density at radius 2 is 2.06 bits per heavy atom. The van der Waals surface area contributed by atoms with Crippen molar-refractivity contribution in [2.45, 2.75) is 0 Å². The Labute approximate surface area is 99.9 Å². The van der Waals surface area contributed by atoms with Crippen molar-refractivity contribution in [3.8, 4) is 0 Å². The van der Waals surface area contributed by atoms with Crippen LogP contribution in [0.5, 0.6) is 0 Å². The predicted molar refractivity (Wildman–Crippen MR) is 70.6 cm³/mol.